The van der Waals surface area contributed by atoms with Crippen molar-refractivity contribution < 1.29 is 4.79 Å². The Kier molecular flexibility index (Phi) is 6.24. The number of rotatable bonds is 6. The SMILES string of the molecule is CN(CCC(N)=S)CC(=O)Nc1ccccc1Br. The number of hydrogen-bond acceptors (Lipinski definition) is 3. The van der Waals surface area contributed by atoms with Crippen LogP contribution >= 0.6 is 28.1 Å². The van der Waals surface area contributed by atoms with Crippen molar-refractivity contribution in [2.45, 2.75) is 6.42 Å². The Morgan fingerprint density at radius 2 is 2.17 bits per heavy atom. The van der Waals surface area contributed by atoms with Crippen molar-refractivity contribution in [1.29, 1.82) is 0 Å². The van der Waals surface area contributed by atoms with E-state index in [9.17, 15) is 4.79 Å². The van der Waals surface area contributed by atoms with Crippen molar-refractivity contribution in [1.82, 2.24) is 4.90 Å². The molecule has 0 radical (unpaired) electrons. The number of likely N-dealkylation sites (N-methyl/N-ethyl adjacent to an activating group) is 1. The first-order valence-corrected chi connectivity index (χ1v) is 6.70. The highest BCUT2D eigenvalue weighted by Gasteiger charge is 2.08. The Morgan fingerprint density at radius 3 is 2.78 bits per heavy atom. The molecule has 0 fully saturated rings. The molecule has 18 heavy (non-hydrogen) atoms. The average molecular weight is 330 g/mol. The molecule has 0 aliphatic rings. The van der Waals surface area contributed by atoms with Gasteiger partial charge in [0.1, 0.15) is 0 Å². The van der Waals surface area contributed by atoms with E-state index in [0.29, 0.717) is 24.5 Å². The molecule has 0 bridgehead atoms. The van der Waals surface area contributed by atoms with Crippen LogP contribution in [0.1, 0.15) is 6.42 Å². The number of benzene rings is 1. The summed E-state index contributed by atoms with van der Waals surface area (Å²) in [6.45, 7) is 0.989. The summed E-state index contributed by atoms with van der Waals surface area (Å²) in [6, 6.07) is 7.49. The van der Waals surface area contributed by atoms with Crippen molar-refractivity contribution in [3.63, 3.8) is 0 Å². The second kappa shape index (κ2) is 7.45. The largest absolute Gasteiger partial charge is 0.393 e. The molecule has 0 spiro atoms. The standard InChI is InChI=1S/C12H16BrN3OS/c1-16(7-6-11(14)18)8-12(17)15-10-5-3-2-4-9(10)13/h2-5H,6-8H2,1H3,(H2,14,18)(H,15,17). The number of thiocarbonyl (C=S) groups is 1. The summed E-state index contributed by atoms with van der Waals surface area (Å²) in [6.07, 6.45) is 0.619. The first-order chi connectivity index (χ1) is 8.49. The molecule has 0 heterocycles. The molecule has 98 valence electrons. The number of para-hydroxylation sites is 1. The summed E-state index contributed by atoms with van der Waals surface area (Å²) in [5.74, 6) is -0.0626. The van der Waals surface area contributed by atoms with Gasteiger partial charge < -0.3 is 11.1 Å². The van der Waals surface area contributed by atoms with Gasteiger partial charge in [-0.05, 0) is 35.1 Å². The molecule has 3 N–H and O–H groups in total. The smallest absolute Gasteiger partial charge is 0.238 e. The zero-order valence-corrected chi connectivity index (χ0v) is 12.6. The zero-order chi connectivity index (χ0) is 13.5. The van der Waals surface area contributed by atoms with Gasteiger partial charge in [0, 0.05) is 17.4 Å². The van der Waals surface area contributed by atoms with Crippen LogP contribution < -0.4 is 11.1 Å². The van der Waals surface area contributed by atoms with Gasteiger partial charge in [-0.25, -0.2) is 0 Å². The number of nitrogens with two attached hydrogens (primary N) is 1. The summed E-state index contributed by atoms with van der Waals surface area (Å²) in [4.78, 5) is 14.1. The summed E-state index contributed by atoms with van der Waals surface area (Å²) >= 11 is 8.17. The molecule has 0 unspecified atom stereocenters. The van der Waals surface area contributed by atoms with Crippen LogP contribution in [0.4, 0.5) is 5.69 Å². The molecule has 0 saturated carbocycles. The van der Waals surface area contributed by atoms with Crippen molar-refractivity contribution in [2.75, 3.05) is 25.5 Å². The lowest BCUT2D eigenvalue weighted by atomic mass is 10.3. The molecule has 0 aliphatic carbocycles. The van der Waals surface area contributed by atoms with E-state index in [1.54, 1.807) is 0 Å². The van der Waals surface area contributed by atoms with Crippen LogP contribution in [0.15, 0.2) is 28.7 Å². The molecule has 6 heteroatoms. The van der Waals surface area contributed by atoms with E-state index in [0.717, 1.165) is 10.2 Å². The van der Waals surface area contributed by atoms with E-state index >= 15 is 0 Å². The van der Waals surface area contributed by atoms with Crippen molar-refractivity contribution in [2.24, 2.45) is 5.73 Å². The lowest BCUT2D eigenvalue weighted by Crippen LogP contribution is -2.32. The van der Waals surface area contributed by atoms with Crippen LogP contribution in [0, 0.1) is 0 Å². The first-order valence-electron chi connectivity index (χ1n) is 5.50. The van der Waals surface area contributed by atoms with Crippen molar-refractivity contribution in [3.05, 3.63) is 28.7 Å². The maximum atomic E-state index is 11.8. The number of amides is 1. The van der Waals surface area contributed by atoms with Gasteiger partial charge in [0.15, 0.2) is 0 Å². The molecule has 4 nitrogen and oxygen atoms in total. The highest BCUT2D eigenvalue weighted by atomic mass is 79.9. The summed E-state index contributed by atoms with van der Waals surface area (Å²) in [7, 11) is 1.86. The van der Waals surface area contributed by atoms with Gasteiger partial charge in [-0.2, -0.15) is 0 Å². The third-order valence-corrected chi connectivity index (χ3v) is 3.20. The second-order valence-corrected chi connectivity index (χ2v) is 5.36. The number of carbonyl (C=O) groups excluding carboxylic acids is 1. The van der Waals surface area contributed by atoms with Crippen LogP contribution in [0.5, 0.6) is 0 Å². The van der Waals surface area contributed by atoms with Crippen LogP contribution in [-0.2, 0) is 4.79 Å². The molecule has 1 aromatic rings. The number of hydrogen-bond donors (Lipinski definition) is 2. The second-order valence-electron chi connectivity index (χ2n) is 3.98. The Labute approximate surface area is 121 Å². The minimum atomic E-state index is -0.0626. The Balaban J connectivity index is 2.42. The quantitative estimate of drug-likeness (QED) is 0.784. The summed E-state index contributed by atoms with van der Waals surface area (Å²) < 4.78 is 0.865. The molecular formula is C12H16BrN3OS. The molecule has 0 aliphatic heterocycles. The van der Waals surface area contributed by atoms with Crippen LogP contribution in [0.25, 0.3) is 0 Å². The number of nitrogens with one attached hydrogen (secondary N) is 1. The van der Waals surface area contributed by atoms with Crippen LogP contribution in [0.3, 0.4) is 0 Å². The monoisotopic (exact) mass is 329 g/mol. The average Bonchev–Trinajstić information content (AvgIpc) is 2.29. The Bertz CT molecular complexity index is 439. The number of carbonyl (C=O) groups is 1. The predicted octanol–water partition coefficient (Wildman–Crippen LogP) is 2.00. The van der Waals surface area contributed by atoms with Crippen LogP contribution in [-0.4, -0.2) is 35.9 Å². The molecule has 1 amide bonds. The number of halogens is 1. The number of anilines is 1. The summed E-state index contributed by atoms with van der Waals surface area (Å²) in [5.41, 5.74) is 6.18. The lowest BCUT2D eigenvalue weighted by Gasteiger charge is -2.16. The van der Waals surface area contributed by atoms with Gasteiger partial charge in [-0.15, -0.1) is 0 Å². The predicted molar refractivity (Wildman–Crippen MR) is 81.7 cm³/mol. The highest BCUT2D eigenvalue weighted by Crippen LogP contribution is 2.20. The zero-order valence-electron chi connectivity index (χ0n) is 10.1. The van der Waals surface area contributed by atoms with Crippen LogP contribution in [0.2, 0.25) is 0 Å². The third-order valence-electron chi connectivity index (χ3n) is 2.30. The van der Waals surface area contributed by atoms with Crippen molar-refractivity contribution in [3.8, 4) is 0 Å². The molecule has 0 atom stereocenters. The van der Waals surface area contributed by atoms with Gasteiger partial charge in [-0.3, -0.25) is 9.69 Å². The third kappa shape index (κ3) is 5.57. The fourth-order valence-corrected chi connectivity index (χ4v) is 1.85. The molecular weight excluding hydrogens is 314 g/mol. The maximum absolute atomic E-state index is 11.8. The van der Waals surface area contributed by atoms with E-state index in [-0.39, 0.29) is 5.91 Å². The van der Waals surface area contributed by atoms with E-state index in [1.165, 1.54) is 0 Å². The van der Waals surface area contributed by atoms with E-state index in [4.69, 9.17) is 18.0 Å². The van der Waals surface area contributed by atoms with Crippen molar-refractivity contribution >= 4 is 44.7 Å². The Hall–Kier alpha value is -0.980. The lowest BCUT2D eigenvalue weighted by molar-refractivity contribution is -0.117. The van der Waals surface area contributed by atoms with Gasteiger partial charge >= 0.3 is 0 Å². The minimum Gasteiger partial charge on any atom is -0.393 e. The molecule has 0 saturated heterocycles. The Morgan fingerprint density at radius 1 is 1.50 bits per heavy atom. The van der Waals surface area contributed by atoms with Gasteiger partial charge in [0.05, 0.1) is 17.2 Å². The normalized spacial score (nSPS) is 10.4. The minimum absolute atomic E-state index is 0.0626. The highest BCUT2D eigenvalue weighted by molar-refractivity contribution is 9.10. The van der Waals surface area contributed by atoms with Gasteiger partial charge in [0.25, 0.3) is 0 Å². The van der Waals surface area contributed by atoms with Gasteiger partial charge in [0.2, 0.25) is 5.91 Å². The first kappa shape index (κ1) is 15.1. The topological polar surface area (TPSA) is 58.4 Å². The molecule has 1 rings (SSSR count). The fourth-order valence-electron chi connectivity index (χ4n) is 1.38. The van der Waals surface area contributed by atoms with E-state index in [2.05, 4.69) is 21.2 Å². The maximum Gasteiger partial charge on any atom is 0.238 e. The molecule has 0 aromatic heterocycles. The van der Waals surface area contributed by atoms with Gasteiger partial charge in [-0.1, -0.05) is 24.4 Å². The van der Waals surface area contributed by atoms with E-state index < -0.39 is 0 Å². The summed E-state index contributed by atoms with van der Waals surface area (Å²) in [5, 5.41) is 2.84. The molecule has 1 aromatic carbocycles. The fraction of sp³-hybridized carbons (Fsp3) is 0.333. The number of nitrogens with zero attached hydrogens (tertiary/aromatic N) is 1. The van der Waals surface area contributed by atoms with E-state index in [1.807, 2.05) is 36.2 Å².